The number of hydrogen-bond acceptors (Lipinski definition) is 3. The molecule has 3 nitrogen and oxygen atoms in total. The first-order chi connectivity index (χ1) is 11.3. The fourth-order valence-electron chi connectivity index (χ4n) is 5.98. The topological polar surface area (TPSA) is 32.7 Å². The number of β-amino-alcohol motifs (C(OH)–C–C–N with tert-alkyl or cyclic N) is 1. The van der Waals surface area contributed by atoms with E-state index in [2.05, 4.69) is 32.6 Å². The average Bonchev–Trinajstić information content (AvgIpc) is 3.10. The Kier molecular flexibility index (Phi) is 5.64. The molecule has 0 spiro atoms. The first-order valence-corrected chi connectivity index (χ1v) is 10.3. The van der Waals surface area contributed by atoms with E-state index in [9.17, 15) is 5.11 Å². The van der Waals surface area contributed by atoms with Crippen LogP contribution in [0.4, 0.5) is 0 Å². The summed E-state index contributed by atoms with van der Waals surface area (Å²) in [6.07, 6.45) is 10.4. The summed E-state index contributed by atoms with van der Waals surface area (Å²) >= 11 is 0. The number of rotatable bonds is 7. The lowest BCUT2D eigenvalue weighted by Gasteiger charge is -2.53. The largest absolute Gasteiger partial charge is 0.389 e. The summed E-state index contributed by atoms with van der Waals surface area (Å²) in [5, 5.41) is 10.5. The zero-order valence-corrected chi connectivity index (χ0v) is 16.4. The second kappa shape index (κ2) is 7.25. The van der Waals surface area contributed by atoms with E-state index in [4.69, 9.17) is 4.74 Å². The van der Waals surface area contributed by atoms with Crippen molar-refractivity contribution in [1.82, 2.24) is 4.90 Å². The summed E-state index contributed by atoms with van der Waals surface area (Å²) < 4.78 is 5.87. The Labute approximate surface area is 149 Å². The molecule has 3 heteroatoms. The van der Waals surface area contributed by atoms with Gasteiger partial charge in [-0.15, -0.1) is 0 Å². The maximum atomic E-state index is 10.5. The van der Waals surface area contributed by atoms with Crippen LogP contribution in [0.5, 0.6) is 0 Å². The van der Waals surface area contributed by atoms with Gasteiger partial charge in [-0.1, -0.05) is 6.42 Å². The van der Waals surface area contributed by atoms with Gasteiger partial charge in [0.15, 0.2) is 0 Å². The van der Waals surface area contributed by atoms with Gasteiger partial charge < -0.3 is 9.84 Å². The number of ether oxygens (including phenoxy) is 1. The van der Waals surface area contributed by atoms with Crippen molar-refractivity contribution in [2.24, 2.45) is 17.8 Å². The summed E-state index contributed by atoms with van der Waals surface area (Å²) in [7, 11) is 0. The molecule has 24 heavy (non-hydrogen) atoms. The number of hydrogen-bond donors (Lipinski definition) is 1. The molecule has 2 aliphatic carbocycles. The zero-order valence-electron chi connectivity index (χ0n) is 16.4. The maximum Gasteiger partial charge on any atom is 0.0900 e. The molecule has 2 saturated carbocycles. The van der Waals surface area contributed by atoms with Gasteiger partial charge in [0.25, 0.3) is 0 Å². The van der Waals surface area contributed by atoms with E-state index in [0.717, 1.165) is 30.9 Å². The molecule has 1 N–H and O–H groups in total. The summed E-state index contributed by atoms with van der Waals surface area (Å²) in [5.74, 6) is 2.91. The smallest absolute Gasteiger partial charge is 0.0900 e. The van der Waals surface area contributed by atoms with Crippen LogP contribution in [0, 0.1) is 17.8 Å². The minimum absolute atomic E-state index is 0.172. The van der Waals surface area contributed by atoms with Crippen molar-refractivity contribution < 1.29 is 9.84 Å². The van der Waals surface area contributed by atoms with Gasteiger partial charge in [0.05, 0.1) is 12.7 Å². The van der Waals surface area contributed by atoms with Crippen molar-refractivity contribution in [3.63, 3.8) is 0 Å². The highest BCUT2D eigenvalue weighted by molar-refractivity contribution is 4.97. The molecule has 4 atom stereocenters. The summed E-state index contributed by atoms with van der Waals surface area (Å²) in [6, 6.07) is 0. The molecule has 2 bridgehead atoms. The second-order valence-corrected chi connectivity index (χ2v) is 10.0. The van der Waals surface area contributed by atoms with Crippen LogP contribution in [0.1, 0.15) is 79.1 Å². The van der Waals surface area contributed by atoms with Gasteiger partial charge in [-0.05, 0) is 90.4 Å². The summed E-state index contributed by atoms with van der Waals surface area (Å²) in [4.78, 5) is 2.51. The Morgan fingerprint density at radius 2 is 1.79 bits per heavy atom. The van der Waals surface area contributed by atoms with Crippen LogP contribution in [0.2, 0.25) is 0 Å². The Bertz CT molecular complexity index is 404. The van der Waals surface area contributed by atoms with E-state index >= 15 is 0 Å². The standard InChI is InChI=1S/C21H39NO2/c1-20(2)9-5-10-21(3,4)22(20)14-19(23)15-24-11-8-18-13-16-6-7-17(18)12-16/h16-19,23H,5-15H2,1-4H3/t16-,17-,18+,19-/m1/s1. The monoisotopic (exact) mass is 337 g/mol. The van der Waals surface area contributed by atoms with E-state index < -0.39 is 0 Å². The molecule has 1 aliphatic heterocycles. The Hall–Kier alpha value is -0.120. The van der Waals surface area contributed by atoms with Crippen molar-refractivity contribution in [1.29, 1.82) is 0 Å². The molecular weight excluding hydrogens is 298 g/mol. The van der Waals surface area contributed by atoms with Gasteiger partial charge >= 0.3 is 0 Å². The number of aliphatic hydroxyl groups excluding tert-OH is 1. The molecule has 0 radical (unpaired) electrons. The number of likely N-dealkylation sites (tertiary alicyclic amines) is 1. The fraction of sp³-hybridized carbons (Fsp3) is 1.00. The second-order valence-electron chi connectivity index (χ2n) is 10.0. The van der Waals surface area contributed by atoms with E-state index in [1.807, 2.05) is 0 Å². The van der Waals surface area contributed by atoms with Crippen molar-refractivity contribution in [3.05, 3.63) is 0 Å². The normalized spacial score (nSPS) is 36.1. The first kappa shape index (κ1) is 18.7. The van der Waals surface area contributed by atoms with Crippen LogP contribution < -0.4 is 0 Å². The summed E-state index contributed by atoms with van der Waals surface area (Å²) in [5.41, 5.74) is 0.345. The number of nitrogens with zero attached hydrogens (tertiary/aromatic N) is 1. The van der Waals surface area contributed by atoms with Crippen molar-refractivity contribution in [3.8, 4) is 0 Å². The van der Waals surface area contributed by atoms with Crippen LogP contribution in [-0.4, -0.2) is 46.9 Å². The SMILES string of the molecule is CC1(C)CCCC(C)(C)N1C[C@@H](O)COCC[C@H]1C[C@@H]2CC[C@@H]1C2. The van der Waals surface area contributed by atoms with Crippen LogP contribution in [0.15, 0.2) is 0 Å². The Morgan fingerprint density at radius 3 is 2.38 bits per heavy atom. The lowest BCUT2D eigenvalue weighted by molar-refractivity contribution is -0.0706. The molecule has 0 amide bonds. The Balaban J connectivity index is 1.38. The van der Waals surface area contributed by atoms with E-state index in [0.29, 0.717) is 6.61 Å². The lowest BCUT2D eigenvalue weighted by Crippen LogP contribution is -2.60. The molecule has 1 saturated heterocycles. The predicted molar refractivity (Wildman–Crippen MR) is 99.1 cm³/mol. The predicted octanol–water partition coefficient (Wildman–Crippen LogP) is 4.23. The fourth-order valence-corrected chi connectivity index (χ4v) is 5.98. The molecule has 0 unspecified atom stereocenters. The third-order valence-electron chi connectivity index (χ3n) is 7.26. The van der Waals surface area contributed by atoms with Gasteiger partial charge in [-0.25, -0.2) is 0 Å². The van der Waals surface area contributed by atoms with Crippen LogP contribution in [0.25, 0.3) is 0 Å². The number of fused-ring (bicyclic) bond motifs is 2. The van der Waals surface area contributed by atoms with Crippen molar-refractivity contribution in [2.75, 3.05) is 19.8 Å². The molecule has 3 fully saturated rings. The molecule has 0 aromatic rings. The highest BCUT2D eigenvalue weighted by Gasteiger charge is 2.42. The highest BCUT2D eigenvalue weighted by atomic mass is 16.5. The lowest BCUT2D eigenvalue weighted by atomic mass is 9.79. The molecular formula is C21H39NO2. The Morgan fingerprint density at radius 1 is 1.08 bits per heavy atom. The first-order valence-electron chi connectivity index (χ1n) is 10.3. The van der Waals surface area contributed by atoms with E-state index in [-0.39, 0.29) is 17.2 Å². The quantitative estimate of drug-likeness (QED) is 0.706. The van der Waals surface area contributed by atoms with Gasteiger partial charge in [0, 0.05) is 24.2 Å². The van der Waals surface area contributed by atoms with Crippen LogP contribution >= 0.6 is 0 Å². The van der Waals surface area contributed by atoms with Gasteiger partial charge in [-0.2, -0.15) is 0 Å². The highest BCUT2D eigenvalue weighted by Crippen LogP contribution is 2.49. The maximum absolute atomic E-state index is 10.5. The van der Waals surface area contributed by atoms with Crippen LogP contribution in [-0.2, 0) is 4.74 Å². The van der Waals surface area contributed by atoms with Gasteiger partial charge in [0.1, 0.15) is 0 Å². The molecule has 140 valence electrons. The average molecular weight is 338 g/mol. The molecule has 0 aromatic carbocycles. The molecule has 1 heterocycles. The van der Waals surface area contributed by atoms with E-state index in [1.54, 1.807) is 0 Å². The van der Waals surface area contributed by atoms with Gasteiger partial charge in [-0.3, -0.25) is 4.90 Å². The summed E-state index contributed by atoms with van der Waals surface area (Å²) in [6.45, 7) is 11.3. The molecule has 3 aliphatic rings. The number of piperidine rings is 1. The number of aliphatic hydroxyl groups is 1. The van der Waals surface area contributed by atoms with Crippen LogP contribution in [0.3, 0.4) is 0 Å². The minimum Gasteiger partial charge on any atom is -0.389 e. The third-order valence-corrected chi connectivity index (χ3v) is 7.26. The van der Waals surface area contributed by atoms with Crippen molar-refractivity contribution in [2.45, 2.75) is 96.2 Å². The van der Waals surface area contributed by atoms with Crippen molar-refractivity contribution >= 4 is 0 Å². The minimum atomic E-state index is -0.373. The zero-order chi connectivity index (χ0) is 17.4. The molecule has 3 rings (SSSR count). The van der Waals surface area contributed by atoms with E-state index in [1.165, 1.54) is 51.4 Å². The third kappa shape index (κ3) is 4.16. The molecule has 0 aromatic heterocycles. The van der Waals surface area contributed by atoms with Gasteiger partial charge in [0.2, 0.25) is 0 Å².